The summed E-state index contributed by atoms with van der Waals surface area (Å²) in [5, 5.41) is 26.1. The predicted octanol–water partition coefficient (Wildman–Crippen LogP) is -2.24. The van der Waals surface area contributed by atoms with Gasteiger partial charge >= 0.3 is 23.9 Å². The zero-order chi connectivity index (χ0) is 56.1. The smallest absolute Gasteiger partial charge is 0.352 e. The summed E-state index contributed by atoms with van der Waals surface area (Å²) in [5.41, 5.74) is 3.32. The Morgan fingerprint density at radius 2 is 1.36 bits per heavy atom. The number of carbonyl (C=O) groups is 12. The monoisotopic (exact) mass is 1060 g/mol. The van der Waals surface area contributed by atoms with Crippen molar-refractivity contribution in [2.24, 2.45) is 0 Å². The lowest BCUT2D eigenvalue weighted by Crippen LogP contribution is -2.54. The van der Waals surface area contributed by atoms with Crippen molar-refractivity contribution in [2.75, 3.05) is 80.5 Å². The number of para-hydroxylation sites is 1. The Balaban J connectivity index is 1.12. The molecule has 0 saturated heterocycles. The average Bonchev–Trinajstić information content (AvgIpc) is 3.73. The number of likely N-dealkylation sites (N-methyl/N-ethyl adjacent to an activating group) is 4. The fourth-order valence-corrected chi connectivity index (χ4v) is 8.26. The van der Waals surface area contributed by atoms with Gasteiger partial charge in [0.15, 0.2) is 0 Å². The normalized spacial score (nSPS) is 13.3. The molecule has 2 aliphatic heterocycles. The Morgan fingerprint density at radius 3 is 1.96 bits per heavy atom. The molecule has 8 amide bonds. The van der Waals surface area contributed by atoms with Gasteiger partial charge in [-0.2, -0.15) is 0 Å². The molecule has 2 atom stereocenters. The number of hydrogen-bond acceptors (Lipinski definition) is 16. The van der Waals surface area contributed by atoms with Gasteiger partial charge in [-0.1, -0.05) is 32.0 Å². The molecule has 1 aromatic carbocycles. The predicted molar refractivity (Wildman–Crippen MR) is 263 cm³/mol. The number of nitrogens with zero attached hydrogens (tertiary/aromatic N) is 7. The quantitative estimate of drug-likeness (QED) is 0.0438. The van der Waals surface area contributed by atoms with Gasteiger partial charge in [-0.15, -0.1) is 0 Å². The van der Waals surface area contributed by atoms with E-state index in [1.165, 1.54) is 32.8 Å². The minimum atomic E-state index is -1.73. The highest BCUT2D eigenvalue weighted by atomic mass is 16.6. The number of aromatic nitrogens is 2. The van der Waals surface area contributed by atoms with Crippen LogP contribution in [0.4, 0.5) is 0 Å². The molecular weight excluding hydrogens is 1000 g/mol. The molecule has 4 heterocycles. The third-order valence-corrected chi connectivity index (χ3v) is 12.3. The van der Waals surface area contributed by atoms with Crippen LogP contribution in [-0.2, 0) is 86.6 Å². The number of ether oxygens (including phenoxy) is 2. The minimum absolute atomic E-state index is 0.102. The summed E-state index contributed by atoms with van der Waals surface area (Å²) in [6.07, 6.45) is -2.45. The van der Waals surface area contributed by atoms with Crippen LogP contribution in [0.1, 0.15) is 67.9 Å². The average molecular weight is 1060 g/mol. The highest BCUT2D eigenvalue weighted by Crippen LogP contribution is 2.38. The molecule has 76 heavy (non-hydrogen) atoms. The Morgan fingerprint density at radius 1 is 0.750 bits per heavy atom. The maximum Gasteiger partial charge on any atom is 0.352 e. The second-order valence-corrected chi connectivity index (χ2v) is 18.0. The van der Waals surface area contributed by atoms with E-state index in [1.807, 2.05) is 31.2 Å². The Bertz CT molecular complexity index is 2900. The Kier molecular flexibility index (Phi) is 19.8. The van der Waals surface area contributed by atoms with Gasteiger partial charge < -0.3 is 64.7 Å². The molecule has 408 valence electrons. The number of esters is 2. The number of carboxylic acid groups (broad SMARTS) is 2. The zero-order valence-electron chi connectivity index (χ0n) is 42.8. The van der Waals surface area contributed by atoms with Gasteiger partial charge in [0.25, 0.3) is 5.56 Å². The van der Waals surface area contributed by atoms with Crippen molar-refractivity contribution in [1.29, 1.82) is 0 Å². The lowest BCUT2D eigenvalue weighted by Gasteiger charge is -2.28. The van der Waals surface area contributed by atoms with Crippen molar-refractivity contribution in [3.8, 4) is 11.4 Å². The van der Waals surface area contributed by atoms with Gasteiger partial charge in [0.2, 0.25) is 53.4 Å². The highest BCUT2D eigenvalue weighted by molar-refractivity contribution is 5.96. The van der Waals surface area contributed by atoms with Crippen molar-refractivity contribution in [2.45, 2.75) is 71.2 Å². The fourth-order valence-electron chi connectivity index (χ4n) is 8.26. The molecule has 0 spiro atoms. The maximum absolute atomic E-state index is 13.8. The van der Waals surface area contributed by atoms with E-state index in [9.17, 15) is 67.4 Å². The number of nitrogens with one attached hydrogen (secondary N) is 3. The van der Waals surface area contributed by atoms with E-state index in [2.05, 4.69) is 16.0 Å². The van der Waals surface area contributed by atoms with E-state index in [-0.39, 0.29) is 43.7 Å². The lowest BCUT2D eigenvalue weighted by molar-refractivity contribution is -0.171. The third kappa shape index (κ3) is 14.7. The molecule has 5 rings (SSSR count). The molecule has 27 nitrogen and oxygen atoms in total. The standard InChI is InChI=1S/C49H60N10O17/c1-7-15-58(22-36(61)51-19-44(71)76-46-29-16-34-45-30(20-59(34)47(72)31(29)26-75-49(46)74)27(8-2)28-11-9-10-12-32(28)53-45)48(73)33(17-43(69)70)52-37(62)21-54(3)39(64)24-56(5)41(66)25-57(6)40(65)23-55(4)38(63)18-50-35(60)13-14-42(67)68/h9-12,16,33,46H,7-8,13-15,17-26H2,1-6H3,(H,50,60)(H,51,61)(H,52,62)(H,67,68)(H,69,70)/t33-,46?/m0/s1. The first-order valence-corrected chi connectivity index (χ1v) is 24.0. The molecule has 1 unspecified atom stereocenters. The van der Waals surface area contributed by atoms with Crippen LogP contribution in [0, 0.1) is 0 Å². The first kappa shape index (κ1) is 58.1. The summed E-state index contributed by atoms with van der Waals surface area (Å²) < 4.78 is 12.3. The van der Waals surface area contributed by atoms with Crippen LogP contribution in [0.2, 0.25) is 0 Å². The summed E-state index contributed by atoms with van der Waals surface area (Å²) in [6.45, 7) is -0.909. The summed E-state index contributed by atoms with van der Waals surface area (Å²) in [7, 11) is 4.99. The largest absolute Gasteiger partial charge is 0.481 e. The number of aryl methyl sites for hydroxylation is 1. The summed E-state index contributed by atoms with van der Waals surface area (Å²) in [4.78, 5) is 175. The van der Waals surface area contributed by atoms with Crippen molar-refractivity contribution >= 4 is 82.0 Å². The molecule has 0 fully saturated rings. The number of fused-ring (bicyclic) bond motifs is 5. The third-order valence-electron chi connectivity index (χ3n) is 12.3. The lowest BCUT2D eigenvalue weighted by atomic mass is 9.97. The number of pyridine rings is 2. The van der Waals surface area contributed by atoms with Crippen LogP contribution in [0.5, 0.6) is 0 Å². The van der Waals surface area contributed by atoms with E-state index in [0.29, 0.717) is 23.3 Å². The molecule has 27 heteroatoms. The van der Waals surface area contributed by atoms with E-state index in [0.717, 1.165) is 41.0 Å². The van der Waals surface area contributed by atoms with Crippen molar-refractivity contribution < 1.29 is 77.2 Å². The van der Waals surface area contributed by atoms with Crippen LogP contribution in [0.25, 0.3) is 22.3 Å². The van der Waals surface area contributed by atoms with Crippen molar-refractivity contribution in [3.63, 3.8) is 0 Å². The molecular formula is C49H60N10O17. The number of amides is 8. The van der Waals surface area contributed by atoms with Gasteiger partial charge in [-0.05, 0) is 30.5 Å². The second-order valence-electron chi connectivity index (χ2n) is 18.0. The fraction of sp³-hybridized carbons (Fsp3) is 0.469. The number of carbonyl (C=O) groups excluding carboxylic acids is 10. The van der Waals surface area contributed by atoms with E-state index >= 15 is 0 Å². The highest BCUT2D eigenvalue weighted by Gasteiger charge is 2.38. The molecule has 0 radical (unpaired) electrons. The number of carboxylic acids is 2. The molecule has 0 aliphatic carbocycles. The van der Waals surface area contributed by atoms with E-state index in [4.69, 9.17) is 19.6 Å². The Hall–Kier alpha value is -8.78. The number of benzene rings is 1. The van der Waals surface area contributed by atoms with Gasteiger partial charge in [-0.25, -0.2) is 9.78 Å². The van der Waals surface area contributed by atoms with Gasteiger partial charge in [0.05, 0.1) is 81.1 Å². The van der Waals surface area contributed by atoms with Gasteiger partial charge in [0.1, 0.15) is 19.2 Å². The second kappa shape index (κ2) is 25.9. The summed E-state index contributed by atoms with van der Waals surface area (Å²) in [6, 6.07) is 7.41. The molecule has 3 aromatic rings. The zero-order valence-corrected chi connectivity index (χ0v) is 42.8. The number of rotatable bonds is 25. The van der Waals surface area contributed by atoms with Crippen LogP contribution in [0.3, 0.4) is 0 Å². The number of cyclic esters (lactones) is 1. The summed E-state index contributed by atoms with van der Waals surface area (Å²) >= 11 is 0. The van der Waals surface area contributed by atoms with Crippen molar-refractivity contribution in [3.05, 3.63) is 62.9 Å². The molecule has 5 N–H and O–H groups in total. The van der Waals surface area contributed by atoms with Crippen LogP contribution in [0.15, 0.2) is 35.1 Å². The Labute approximate surface area is 434 Å². The van der Waals surface area contributed by atoms with Crippen LogP contribution in [-0.4, -0.2) is 202 Å². The van der Waals surface area contributed by atoms with E-state index < -0.39 is 147 Å². The molecule has 2 aromatic heterocycles. The topological polar surface area (TPSA) is 351 Å². The summed E-state index contributed by atoms with van der Waals surface area (Å²) in [5.74, 6) is -11.1. The minimum Gasteiger partial charge on any atom is -0.481 e. The first-order chi connectivity index (χ1) is 35.9. The SMILES string of the molecule is CCCN(CC(=O)NCC(=O)OC1C(=O)OCc2c1cc1n(c2=O)Cc2c-1nc1ccccc1c2CC)C(=O)[C@H](CC(=O)O)NC(=O)CN(C)C(=O)CN(C)C(=O)CN(C)C(=O)CN(C)C(=O)CNC(=O)CCC(=O)O. The molecule has 0 bridgehead atoms. The number of hydrogen-bond donors (Lipinski definition) is 5. The van der Waals surface area contributed by atoms with Gasteiger partial charge in [0, 0.05) is 57.7 Å². The maximum atomic E-state index is 13.8. The number of aliphatic carboxylic acids is 2. The molecule has 2 aliphatic rings. The van der Waals surface area contributed by atoms with Crippen LogP contribution < -0.4 is 21.5 Å². The van der Waals surface area contributed by atoms with Gasteiger partial charge in [-0.3, -0.25) is 57.5 Å². The van der Waals surface area contributed by atoms with Crippen LogP contribution >= 0.6 is 0 Å². The van der Waals surface area contributed by atoms with E-state index in [1.54, 1.807) is 13.0 Å². The van der Waals surface area contributed by atoms with Crippen molar-refractivity contribution in [1.82, 2.24) is 50.0 Å². The molecule has 0 saturated carbocycles. The first-order valence-electron chi connectivity index (χ1n) is 24.0.